The number of rotatable bonds is 5. The van der Waals surface area contributed by atoms with E-state index in [1.54, 1.807) is 29.9 Å². The van der Waals surface area contributed by atoms with Crippen molar-refractivity contribution in [3.05, 3.63) is 76.7 Å². The number of primary amides is 1. The molecule has 0 aliphatic carbocycles. The van der Waals surface area contributed by atoms with Crippen molar-refractivity contribution in [2.24, 2.45) is 5.73 Å². The number of nitrogens with zero attached hydrogens (tertiary/aromatic N) is 5. The van der Waals surface area contributed by atoms with Gasteiger partial charge in [-0.05, 0) is 67.8 Å². The molecular formula is C29H31N9O2. The van der Waals surface area contributed by atoms with Gasteiger partial charge >= 0.3 is 0 Å². The minimum Gasteiger partial charge on any atom is -0.369 e. The monoisotopic (exact) mass is 537 g/mol. The number of benzene rings is 1. The second kappa shape index (κ2) is 10.4. The molecular weight excluding hydrogens is 506 g/mol. The maximum atomic E-state index is 12.9. The van der Waals surface area contributed by atoms with Crippen LogP contribution in [0, 0.1) is 13.8 Å². The summed E-state index contributed by atoms with van der Waals surface area (Å²) in [6.07, 6.45) is 2.30. The SMILES string of the molecule is Cc1cccc(NC(=O)c2ncc(-c3nn4c(c3C(N)=O)Nc3ccc(N5CCNCC5)cc3CC4)cc2C)n1. The predicted molar refractivity (Wildman–Crippen MR) is 154 cm³/mol. The van der Waals surface area contributed by atoms with Crippen LogP contribution in [0.3, 0.4) is 0 Å². The fourth-order valence-electron chi connectivity index (χ4n) is 5.30. The third-order valence-electron chi connectivity index (χ3n) is 7.31. The van der Waals surface area contributed by atoms with Crippen molar-refractivity contribution in [3.63, 3.8) is 0 Å². The second-order valence-electron chi connectivity index (χ2n) is 10.1. The van der Waals surface area contributed by atoms with Crippen LogP contribution in [0.15, 0.2) is 48.7 Å². The average Bonchev–Trinajstić information content (AvgIpc) is 3.21. The van der Waals surface area contributed by atoms with Gasteiger partial charge in [-0.3, -0.25) is 14.6 Å². The van der Waals surface area contributed by atoms with Crippen molar-refractivity contribution in [2.75, 3.05) is 41.7 Å². The Balaban J connectivity index is 1.29. The smallest absolute Gasteiger partial charge is 0.275 e. The molecule has 0 bridgehead atoms. The van der Waals surface area contributed by atoms with Crippen molar-refractivity contribution in [3.8, 4) is 11.3 Å². The molecule has 0 saturated carbocycles. The Hall–Kier alpha value is -4.77. The molecule has 204 valence electrons. The number of pyridine rings is 2. The fraction of sp³-hybridized carbons (Fsp3) is 0.276. The highest BCUT2D eigenvalue weighted by molar-refractivity contribution is 6.05. The quantitative estimate of drug-likeness (QED) is 0.304. The van der Waals surface area contributed by atoms with Gasteiger partial charge < -0.3 is 26.6 Å². The first-order valence-electron chi connectivity index (χ1n) is 13.4. The lowest BCUT2D eigenvalue weighted by Crippen LogP contribution is -2.43. The van der Waals surface area contributed by atoms with E-state index < -0.39 is 5.91 Å². The zero-order chi connectivity index (χ0) is 27.8. The molecule has 0 spiro atoms. The maximum Gasteiger partial charge on any atom is 0.275 e. The van der Waals surface area contributed by atoms with Crippen LogP contribution in [0.2, 0.25) is 0 Å². The molecule has 6 rings (SSSR count). The Kier molecular flexibility index (Phi) is 6.64. The molecule has 3 aromatic heterocycles. The summed E-state index contributed by atoms with van der Waals surface area (Å²) in [5.74, 6) is 0.0581. The fourth-order valence-corrected chi connectivity index (χ4v) is 5.30. The van der Waals surface area contributed by atoms with E-state index >= 15 is 0 Å². The van der Waals surface area contributed by atoms with Crippen molar-refractivity contribution >= 4 is 34.8 Å². The molecule has 0 radical (unpaired) electrons. The summed E-state index contributed by atoms with van der Waals surface area (Å²) in [5.41, 5.74) is 12.2. The molecule has 40 heavy (non-hydrogen) atoms. The number of carbonyl (C=O) groups excluding carboxylic acids is 2. The van der Waals surface area contributed by atoms with Gasteiger partial charge in [0.1, 0.15) is 28.6 Å². The number of hydrogen-bond acceptors (Lipinski definition) is 8. The van der Waals surface area contributed by atoms with Gasteiger partial charge in [0.2, 0.25) is 0 Å². The Morgan fingerprint density at radius 3 is 2.62 bits per heavy atom. The largest absolute Gasteiger partial charge is 0.369 e. The zero-order valence-corrected chi connectivity index (χ0v) is 22.5. The number of anilines is 4. The van der Waals surface area contributed by atoms with Gasteiger partial charge in [0, 0.05) is 61.6 Å². The first-order valence-corrected chi connectivity index (χ1v) is 13.4. The molecule has 0 atom stereocenters. The van der Waals surface area contributed by atoms with Crippen LogP contribution < -0.4 is 26.6 Å². The highest BCUT2D eigenvalue weighted by Crippen LogP contribution is 2.36. The van der Waals surface area contributed by atoms with Crippen molar-refractivity contribution in [2.45, 2.75) is 26.8 Å². The van der Waals surface area contributed by atoms with Crippen LogP contribution in [-0.4, -0.2) is 57.7 Å². The molecule has 5 heterocycles. The lowest BCUT2D eigenvalue weighted by atomic mass is 10.0. The molecule has 2 aliphatic rings. The first kappa shape index (κ1) is 25.5. The molecule has 11 nitrogen and oxygen atoms in total. The number of fused-ring (bicyclic) bond motifs is 2. The van der Waals surface area contributed by atoms with Gasteiger partial charge in [0.15, 0.2) is 0 Å². The van der Waals surface area contributed by atoms with Gasteiger partial charge in [-0.15, -0.1) is 0 Å². The molecule has 4 aromatic rings. The van der Waals surface area contributed by atoms with Gasteiger partial charge in [-0.2, -0.15) is 5.10 Å². The highest BCUT2D eigenvalue weighted by atomic mass is 16.2. The number of hydrogen-bond donors (Lipinski definition) is 4. The van der Waals surface area contributed by atoms with Gasteiger partial charge in [-0.1, -0.05) is 6.07 Å². The number of aryl methyl sites for hydroxylation is 4. The van der Waals surface area contributed by atoms with Crippen molar-refractivity contribution in [1.82, 2.24) is 25.1 Å². The number of nitrogens with one attached hydrogen (secondary N) is 3. The molecule has 5 N–H and O–H groups in total. The van der Waals surface area contributed by atoms with Crippen molar-refractivity contribution in [1.29, 1.82) is 0 Å². The zero-order valence-electron chi connectivity index (χ0n) is 22.5. The Labute approximate surface area is 231 Å². The van der Waals surface area contributed by atoms with Gasteiger partial charge in [0.05, 0.1) is 0 Å². The summed E-state index contributed by atoms with van der Waals surface area (Å²) in [6, 6.07) is 13.6. The van der Waals surface area contributed by atoms with Gasteiger partial charge in [-0.25, -0.2) is 9.67 Å². The number of amides is 2. The Morgan fingerprint density at radius 1 is 1.05 bits per heavy atom. The summed E-state index contributed by atoms with van der Waals surface area (Å²) in [7, 11) is 0. The Bertz CT molecular complexity index is 1620. The van der Waals surface area contributed by atoms with Crippen LogP contribution in [0.5, 0.6) is 0 Å². The van der Waals surface area contributed by atoms with E-state index in [-0.39, 0.29) is 11.6 Å². The van der Waals surface area contributed by atoms with Gasteiger partial charge in [0.25, 0.3) is 11.8 Å². The summed E-state index contributed by atoms with van der Waals surface area (Å²) >= 11 is 0. The molecule has 1 saturated heterocycles. The van der Waals surface area contributed by atoms with E-state index in [0.29, 0.717) is 40.6 Å². The lowest BCUT2D eigenvalue weighted by molar-refractivity contribution is 0.0997. The van der Waals surface area contributed by atoms with E-state index in [1.807, 2.05) is 19.1 Å². The lowest BCUT2D eigenvalue weighted by Gasteiger charge is -2.30. The summed E-state index contributed by atoms with van der Waals surface area (Å²) in [5, 5.41) is 14.4. The summed E-state index contributed by atoms with van der Waals surface area (Å²) < 4.78 is 1.79. The van der Waals surface area contributed by atoms with E-state index in [9.17, 15) is 9.59 Å². The molecule has 11 heteroatoms. The molecule has 2 amide bonds. The topological polar surface area (TPSA) is 143 Å². The average molecular weight is 538 g/mol. The number of aromatic nitrogens is 4. The second-order valence-corrected chi connectivity index (χ2v) is 10.1. The molecule has 1 fully saturated rings. The third-order valence-corrected chi connectivity index (χ3v) is 7.31. The summed E-state index contributed by atoms with van der Waals surface area (Å²) in [4.78, 5) is 36.7. The van der Waals surface area contributed by atoms with E-state index in [1.165, 1.54) is 5.69 Å². The molecule has 1 aromatic carbocycles. The van der Waals surface area contributed by atoms with Crippen LogP contribution in [-0.2, 0) is 13.0 Å². The first-order chi connectivity index (χ1) is 19.4. The van der Waals surface area contributed by atoms with Crippen LogP contribution >= 0.6 is 0 Å². The number of nitrogens with two attached hydrogens (primary N) is 1. The van der Waals surface area contributed by atoms with Crippen molar-refractivity contribution < 1.29 is 9.59 Å². The van der Waals surface area contributed by atoms with E-state index in [2.05, 4.69) is 49.0 Å². The predicted octanol–water partition coefficient (Wildman–Crippen LogP) is 3.02. The standard InChI is InChI=1S/C29H31N9O2/c1-17-14-20(16-32-25(17)29(40)35-23-5-3-4-18(2)33-23)26-24(27(30)39)28-34-22-7-6-21(37-12-9-31-10-13-37)15-19(22)8-11-38(28)36-26/h3-7,14-16,31,34H,8-13H2,1-2H3,(H2,30,39)(H,33,35,40). The van der Waals surface area contributed by atoms with Crippen LogP contribution in [0.1, 0.15) is 37.7 Å². The number of piperazine rings is 1. The minimum atomic E-state index is -0.588. The molecule has 0 unspecified atom stereocenters. The number of carbonyl (C=O) groups is 2. The van der Waals surface area contributed by atoms with E-state index in [4.69, 9.17) is 10.8 Å². The summed E-state index contributed by atoms with van der Waals surface area (Å²) in [6.45, 7) is 8.12. The Morgan fingerprint density at radius 2 is 1.88 bits per heavy atom. The maximum absolute atomic E-state index is 12.9. The molecule has 2 aliphatic heterocycles. The highest BCUT2D eigenvalue weighted by Gasteiger charge is 2.27. The normalized spacial score (nSPS) is 14.5. The minimum absolute atomic E-state index is 0.265. The third kappa shape index (κ3) is 4.87. The van der Waals surface area contributed by atoms with Crippen LogP contribution in [0.25, 0.3) is 11.3 Å². The van der Waals surface area contributed by atoms with Crippen LogP contribution in [0.4, 0.5) is 23.0 Å². The van der Waals surface area contributed by atoms with E-state index in [0.717, 1.165) is 49.5 Å².